The molecule has 0 aliphatic carbocycles. The third kappa shape index (κ3) is 2.78. The zero-order chi connectivity index (χ0) is 13.9. The van der Waals surface area contributed by atoms with Crippen molar-refractivity contribution < 1.29 is 9.53 Å². The fraction of sp³-hybridized carbons (Fsp3) is 0.471. The van der Waals surface area contributed by atoms with Crippen LogP contribution in [0.1, 0.15) is 31.2 Å². The average Bonchev–Trinajstić information content (AvgIpc) is 2.72. The van der Waals surface area contributed by atoms with E-state index < -0.39 is 0 Å². The predicted octanol–water partition coefficient (Wildman–Crippen LogP) is 2.91. The molecule has 0 radical (unpaired) electrons. The Kier molecular flexibility index (Phi) is 3.88. The lowest BCUT2D eigenvalue weighted by Crippen LogP contribution is -2.46. The zero-order valence-corrected chi connectivity index (χ0v) is 11.8. The molecule has 3 rings (SSSR count). The fourth-order valence-corrected chi connectivity index (χ4v) is 3.42. The number of hydrogen-bond donors (Lipinski definition) is 0. The van der Waals surface area contributed by atoms with Gasteiger partial charge in [0.1, 0.15) is 6.61 Å². The molecule has 2 aliphatic rings. The summed E-state index contributed by atoms with van der Waals surface area (Å²) in [5.74, 6) is 0.140. The largest absolute Gasteiger partial charge is 0.367 e. The summed E-state index contributed by atoms with van der Waals surface area (Å²) in [6.07, 6.45) is 4.18. The lowest BCUT2D eigenvalue weighted by molar-refractivity contribution is -0.140. The molecule has 1 aromatic carbocycles. The van der Waals surface area contributed by atoms with Gasteiger partial charge in [-0.3, -0.25) is 4.79 Å². The first kappa shape index (κ1) is 13.4. The molecule has 2 saturated heterocycles. The standard InChI is InChI=1S/C17H21NO2/c1-13-9-15-7-8-16(10-13)18(15)17(19)12-20-11-14-5-3-2-4-6-14/h2-6,15-16H,1,7-12H2. The molecule has 0 saturated carbocycles. The molecular formula is C17H21NO2. The lowest BCUT2D eigenvalue weighted by Gasteiger charge is -2.35. The second-order valence-corrected chi connectivity index (χ2v) is 5.82. The van der Waals surface area contributed by atoms with Crippen LogP contribution in [0.5, 0.6) is 0 Å². The Labute approximate surface area is 120 Å². The predicted molar refractivity (Wildman–Crippen MR) is 78.1 cm³/mol. The second-order valence-electron chi connectivity index (χ2n) is 5.82. The van der Waals surface area contributed by atoms with Gasteiger partial charge in [0.25, 0.3) is 0 Å². The zero-order valence-electron chi connectivity index (χ0n) is 11.8. The molecule has 1 aromatic rings. The van der Waals surface area contributed by atoms with Crippen molar-refractivity contribution >= 4 is 5.91 Å². The summed E-state index contributed by atoms with van der Waals surface area (Å²) in [6, 6.07) is 10.7. The third-order valence-electron chi connectivity index (χ3n) is 4.29. The normalized spacial score (nSPS) is 25.0. The molecule has 106 valence electrons. The summed E-state index contributed by atoms with van der Waals surface area (Å²) in [5.41, 5.74) is 2.40. The number of piperidine rings is 1. The van der Waals surface area contributed by atoms with Gasteiger partial charge in [-0.25, -0.2) is 0 Å². The SMILES string of the molecule is C=C1CC2CCC(C1)N2C(=O)COCc1ccccc1. The summed E-state index contributed by atoms with van der Waals surface area (Å²) < 4.78 is 5.57. The van der Waals surface area contributed by atoms with E-state index in [0.717, 1.165) is 31.2 Å². The third-order valence-corrected chi connectivity index (χ3v) is 4.29. The summed E-state index contributed by atoms with van der Waals surface area (Å²) in [5, 5.41) is 0. The van der Waals surface area contributed by atoms with Crippen molar-refractivity contribution in [3.05, 3.63) is 48.0 Å². The lowest BCUT2D eigenvalue weighted by atomic mass is 9.98. The van der Waals surface area contributed by atoms with Crippen molar-refractivity contribution in [3.63, 3.8) is 0 Å². The van der Waals surface area contributed by atoms with Crippen LogP contribution in [0.4, 0.5) is 0 Å². The minimum absolute atomic E-state index is 0.140. The summed E-state index contributed by atoms with van der Waals surface area (Å²) in [7, 11) is 0. The Morgan fingerprint density at radius 3 is 2.50 bits per heavy atom. The molecule has 20 heavy (non-hydrogen) atoms. The smallest absolute Gasteiger partial charge is 0.249 e. The van der Waals surface area contributed by atoms with Crippen LogP contribution < -0.4 is 0 Å². The Morgan fingerprint density at radius 2 is 1.85 bits per heavy atom. The van der Waals surface area contributed by atoms with Gasteiger partial charge in [0.2, 0.25) is 5.91 Å². The number of benzene rings is 1. The van der Waals surface area contributed by atoms with Crippen LogP contribution in [0.25, 0.3) is 0 Å². The van der Waals surface area contributed by atoms with Gasteiger partial charge >= 0.3 is 0 Å². The highest BCUT2D eigenvalue weighted by atomic mass is 16.5. The van der Waals surface area contributed by atoms with E-state index in [-0.39, 0.29) is 12.5 Å². The van der Waals surface area contributed by atoms with Crippen molar-refractivity contribution in [2.24, 2.45) is 0 Å². The van der Waals surface area contributed by atoms with E-state index in [4.69, 9.17) is 4.74 Å². The summed E-state index contributed by atoms with van der Waals surface area (Å²) in [4.78, 5) is 14.4. The first-order chi connectivity index (χ1) is 9.74. The van der Waals surface area contributed by atoms with Gasteiger partial charge in [-0.15, -0.1) is 0 Å². The summed E-state index contributed by atoms with van der Waals surface area (Å²) >= 11 is 0. The molecule has 3 nitrogen and oxygen atoms in total. The van der Waals surface area contributed by atoms with Crippen molar-refractivity contribution in [1.29, 1.82) is 0 Å². The molecule has 2 atom stereocenters. The molecule has 1 amide bonds. The molecule has 2 aliphatic heterocycles. The van der Waals surface area contributed by atoms with Crippen molar-refractivity contribution in [3.8, 4) is 0 Å². The highest BCUT2D eigenvalue weighted by Gasteiger charge is 2.40. The van der Waals surface area contributed by atoms with E-state index in [1.54, 1.807) is 0 Å². The van der Waals surface area contributed by atoms with Crippen molar-refractivity contribution in [2.75, 3.05) is 6.61 Å². The van der Waals surface area contributed by atoms with Crippen LogP contribution in [-0.2, 0) is 16.1 Å². The van der Waals surface area contributed by atoms with Gasteiger partial charge in [0.05, 0.1) is 6.61 Å². The second kappa shape index (κ2) is 5.80. The Bertz CT molecular complexity index is 481. The number of rotatable bonds is 4. The maximum Gasteiger partial charge on any atom is 0.249 e. The minimum atomic E-state index is 0.140. The van der Waals surface area contributed by atoms with Gasteiger partial charge in [0, 0.05) is 12.1 Å². The van der Waals surface area contributed by atoms with Crippen molar-refractivity contribution in [2.45, 2.75) is 44.4 Å². The molecule has 0 N–H and O–H groups in total. The first-order valence-electron chi connectivity index (χ1n) is 7.33. The van der Waals surface area contributed by atoms with Crippen LogP contribution >= 0.6 is 0 Å². The molecule has 0 aromatic heterocycles. The number of hydrogen-bond acceptors (Lipinski definition) is 2. The number of carbonyl (C=O) groups is 1. The fourth-order valence-electron chi connectivity index (χ4n) is 3.42. The van der Waals surface area contributed by atoms with E-state index in [0.29, 0.717) is 18.7 Å². The summed E-state index contributed by atoms with van der Waals surface area (Å²) in [6.45, 7) is 4.77. The number of carbonyl (C=O) groups excluding carboxylic acids is 1. The monoisotopic (exact) mass is 271 g/mol. The van der Waals surface area contributed by atoms with E-state index in [1.807, 2.05) is 30.3 Å². The van der Waals surface area contributed by atoms with Gasteiger partial charge in [0.15, 0.2) is 0 Å². The molecular weight excluding hydrogens is 250 g/mol. The number of fused-ring (bicyclic) bond motifs is 2. The van der Waals surface area contributed by atoms with Crippen LogP contribution in [-0.4, -0.2) is 29.5 Å². The number of nitrogens with zero attached hydrogens (tertiary/aromatic N) is 1. The topological polar surface area (TPSA) is 29.5 Å². The van der Waals surface area contributed by atoms with Gasteiger partial charge < -0.3 is 9.64 Å². The van der Waals surface area contributed by atoms with Crippen LogP contribution in [0.2, 0.25) is 0 Å². The Hall–Kier alpha value is -1.61. The van der Waals surface area contributed by atoms with E-state index in [2.05, 4.69) is 11.5 Å². The van der Waals surface area contributed by atoms with Gasteiger partial charge in [-0.2, -0.15) is 0 Å². The molecule has 3 heteroatoms. The number of ether oxygens (including phenoxy) is 1. The average molecular weight is 271 g/mol. The highest BCUT2D eigenvalue weighted by molar-refractivity contribution is 5.78. The van der Waals surface area contributed by atoms with Gasteiger partial charge in [-0.05, 0) is 31.2 Å². The van der Waals surface area contributed by atoms with E-state index in [9.17, 15) is 4.79 Å². The van der Waals surface area contributed by atoms with Crippen LogP contribution in [0.15, 0.2) is 42.5 Å². The molecule has 2 heterocycles. The minimum Gasteiger partial charge on any atom is -0.367 e. The highest BCUT2D eigenvalue weighted by Crippen LogP contribution is 2.37. The maximum absolute atomic E-state index is 12.3. The van der Waals surface area contributed by atoms with Crippen LogP contribution in [0, 0.1) is 0 Å². The van der Waals surface area contributed by atoms with E-state index >= 15 is 0 Å². The molecule has 2 unspecified atom stereocenters. The van der Waals surface area contributed by atoms with Crippen LogP contribution in [0.3, 0.4) is 0 Å². The van der Waals surface area contributed by atoms with Crippen molar-refractivity contribution in [1.82, 2.24) is 4.90 Å². The molecule has 0 spiro atoms. The maximum atomic E-state index is 12.3. The first-order valence-corrected chi connectivity index (χ1v) is 7.33. The quantitative estimate of drug-likeness (QED) is 0.788. The van der Waals surface area contributed by atoms with Gasteiger partial charge in [-0.1, -0.05) is 42.5 Å². The Balaban J connectivity index is 1.51. The molecule has 2 bridgehead atoms. The Morgan fingerprint density at radius 1 is 1.20 bits per heavy atom. The molecule has 2 fully saturated rings. The number of amides is 1. The van der Waals surface area contributed by atoms with E-state index in [1.165, 1.54) is 5.57 Å².